The van der Waals surface area contributed by atoms with E-state index in [9.17, 15) is 9.59 Å². The average Bonchev–Trinajstić information content (AvgIpc) is 2.96. The molecule has 124 valence electrons. The lowest BCUT2D eigenvalue weighted by atomic mass is 9.77. The zero-order chi connectivity index (χ0) is 15.4. The first kappa shape index (κ1) is 15.8. The molecule has 1 N–H and O–H groups in total. The summed E-state index contributed by atoms with van der Waals surface area (Å²) in [4.78, 5) is 29.8. The third-order valence-corrected chi connectivity index (χ3v) is 5.47. The van der Waals surface area contributed by atoms with E-state index in [1.54, 1.807) is 0 Å². The van der Waals surface area contributed by atoms with Crippen molar-refractivity contribution in [1.82, 2.24) is 15.1 Å². The fourth-order valence-corrected chi connectivity index (χ4v) is 4.19. The van der Waals surface area contributed by atoms with Gasteiger partial charge in [0.1, 0.15) is 0 Å². The first-order valence-electron chi connectivity index (χ1n) is 9.05. The van der Waals surface area contributed by atoms with Gasteiger partial charge in [0.05, 0.1) is 0 Å². The number of hydrogen-bond donors (Lipinski definition) is 1. The number of rotatable bonds is 2. The zero-order valence-corrected chi connectivity index (χ0v) is 13.6. The predicted octanol–water partition coefficient (Wildman–Crippen LogP) is 1.24. The van der Waals surface area contributed by atoms with Gasteiger partial charge in [-0.2, -0.15) is 0 Å². The van der Waals surface area contributed by atoms with Gasteiger partial charge in [0.25, 0.3) is 0 Å². The van der Waals surface area contributed by atoms with Crippen LogP contribution in [0.15, 0.2) is 0 Å². The molecule has 2 aliphatic heterocycles. The molecule has 1 aliphatic carbocycles. The van der Waals surface area contributed by atoms with Crippen LogP contribution >= 0.6 is 0 Å². The molecule has 2 amide bonds. The van der Waals surface area contributed by atoms with Crippen molar-refractivity contribution < 1.29 is 9.59 Å². The summed E-state index contributed by atoms with van der Waals surface area (Å²) in [6.45, 7) is 5.29. The number of likely N-dealkylation sites (tertiary alicyclic amines) is 1. The van der Waals surface area contributed by atoms with Crippen LogP contribution in [-0.4, -0.2) is 60.9 Å². The van der Waals surface area contributed by atoms with E-state index in [1.807, 2.05) is 9.80 Å². The van der Waals surface area contributed by atoms with E-state index in [4.69, 9.17) is 0 Å². The Bertz CT molecular complexity index is 399. The third-order valence-electron chi connectivity index (χ3n) is 5.47. The molecule has 2 saturated heterocycles. The largest absolute Gasteiger partial charge is 0.342 e. The molecule has 0 aromatic carbocycles. The Labute approximate surface area is 133 Å². The predicted molar refractivity (Wildman–Crippen MR) is 85.3 cm³/mol. The van der Waals surface area contributed by atoms with Gasteiger partial charge in [0, 0.05) is 44.6 Å². The van der Waals surface area contributed by atoms with Gasteiger partial charge in [-0.1, -0.05) is 12.8 Å². The summed E-state index contributed by atoms with van der Waals surface area (Å²) in [5, 5.41) is 3.34. The molecule has 0 aromatic heterocycles. The molecule has 2 unspecified atom stereocenters. The molecule has 5 heteroatoms. The maximum absolute atomic E-state index is 13.0. The normalized spacial score (nSPS) is 30.2. The van der Waals surface area contributed by atoms with Crippen molar-refractivity contribution in [2.75, 3.05) is 39.3 Å². The summed E-state index contributed by atoms with van der Waals surface area (Å²) in [5.74, 6) is 0.361. The molecular weight excluding hydrogens is 278 g/mol. The first-order valence-corrected chi connectivity index (χ1v) is 9.05. The van der Waals surface area contributed by atoms with Crippen LogP contribution in [-0.2, 0) is 9.59 Å². The SMILES string of the molecule is O=C(C1CCCCC1C(=O)N1CCCNCC1)N1CCCC1. The van der Waals surface area contributed by atoms with E-state index in [2.05, 4.69) is 5.32 Å². The number of carbonyl (C=O) groups is 2. The minimum atomic E-state index is -0.0695. The Kier molecular flexibility index (Phi) is 5.34. The molecule has 2 atom stereocenters. The smallest absolute Gasteiger partial charge is 0.226 e. The average molecular weight is 307 g/mol. The summed E-state index contributed by atoms with van der Waals surface area (Å²) in [6.07, 6.45) is 7.24. The van der Waals surface area contributed by atoms with Crippen LogP contribution in [0.5, 0.6) is 0 Å². The van der Waals surface area contributed by atoms with Crippen LogP contribution in [0.4, 0.5) is 0 Å². The van der Waals surface area contributed by atoms with E-state index in [0.717, 1.165) is 84.2 Å². The van der Waals surface area contributed by atoms with E-state index < -0.39 is 0 Å². The van der Waals surface area contributed by atoms with Crippen molar-refractivity contribution in [3.05, 3.63) is 0 Å². The highest BCUT2D eigenvalue weighted by atomic mass is 16.2. The summed E-state index contributed by atoms with van der Waals surface area (Å²) >= 11 is 0. The van der Waals surface area contributed by atoms with Crippen molar-refractivity contribution in [3.8, 4) is 0 Å². The van der Waals surface area contributed by atoms with Crippen LogP contribution in [0.25, 0.3) is 0 Å². The lowest BCUT2D eigenvalue weighted by Gasteiger charge is -2.35. The molecule has 0 aromatic rings. The number of amides is 2. The molecule has 0 spiro atoms. The van der Waals surface area contributed by atoms with Crippen molar-refractivity contribution >= 4 is 11.8 Å². The summed E-state index contributed by atoms with van der Waals surface area (Å²) in [7, 11) is 0. The molecule has 3 fully saturated rings. The van der Waals surface area contributed by atoms with Gasteiger partial charge in [0.15, 0.2) is 0 Å². The van der Waals surface area contributed by atoms with Crippen molar-refractivity contribution in [3.63, 3.8) is 0 Å². The Balaban J connectivity index is 1.68. The molecule has 0 bridgehead atoms. The number of carbonyl (C=O) groups excluding carboxylic acids is 2. The monoisotopic (exact) mass is 307 g/mol. The summed E-state index contributed by atoms with van der Waals surface area (Å²) in [5.41, 5.74) is 0. The Hall–Kier alpha value is -1.10. The minimum Gasteiger partial charge on any atom is -0.342 e. The molecule has 1 saturated carbocycles. The van der Waals surface area contributed by atoms with Crippen molar-refractivity contribution in [1.29, 1.82) is 0 Å². The summed E-state index contributed by atoms with van der Waals surface area (Å²) in [6, 6.07) is 0. The summed E-state index contributed by atoms with van der Waals surface area (Å²) < 4.78 is 0. The van der Waals surface area contributed by atoms with Gasteiger partial charge >= 0.3 is 0 Å². The van der Waals surface area contributed by atoms with Crippen molar-refractivity contribution in [2.24, 2.45) is 11.8 Å². The second-order valence-corrected chi connectivity index (χ2v) is 6.96. The van der Waals surface area contributed by atoms with Crippen LogP contribution in [0.3, 0.4) is 0 Å². The highest BCUT2D eigenvalue weighted by Gasteiger charge is 2.39. The van der Waals surface area contributed by atoms with Gasteiger partial charge < -0.3 is 15.1 Å². The molecule has 3 aliphatic rings. The van der Waals surface area contributed by atoms with Gasteiger partial charge in [0.2, 0.25) is 11.8 Å². The fraction of sp³-hybridized carbons (Fsp3) is 0.882. The first-order chi connectivity index (χ1) is 10.8. The van der Waals surface area contributed by atoms with Gasteiger partial charge in [-0.3, -0.25) is 9.59 Å². The van der Waals surface area contributed by atoms with E-state index >= 15 is 0 Å². The number of nitrogens with one attached hydrogen (secondary N) is 1. The molecule has 0 radical (unpaired) electrons. The highest BCUT2D eigenvalue weighted by Crippen LogP contribution is 2.33. The topological polar surface area (TPSA) is 52.7 Å². The van der Waals surface area contributed by atoms with Gasteiger partial charge in [-0.05, 0) is 38.6 Å². The van der Waals surface area contributed by atoms with E-state index in [-0.39, 0.29) is 23.7 Å². The number of nitrogens with zero attached hydrogens (tertiary/aromatic N) is 2. The molecule has 22 heavy (non-hydrogen) atoms. The second-order valence-electron chi connectivity index (χ2n) is 6.96. The van der Waals surface area contributed by atoms with E-state index in [0.29, 0.717) is 0 Å². The zero-order valence-electron chi connectivity index (χ0n) is 13.6. The Morgan fingerprint density at radius 2 is 1.23 bits per heavy atom. The molecular formula is C17H29N3O2. The quantitative estimate of drug-likeness (QED) is 0.835. The van der Waals surface area contributed by atoms with Crippen molar-refractivity contribution in [2.45, 2.75) is 44.9 Å². The number of hydrogen-bond acceptors (Lipinski definition) is 3. The Morgan fingerprint density at radius 3 is 1.86 bits per heavy atom. The maximum Gasteiger partial charge on any atom is 0.226 e. The maximum atomic E-state index is 13.0. The molecule has 2 heterocycles. The molecule has 5 nitrogen and oxygen atoms in total. The lowest BCUT2D eigenvalue weighted by molar-refractivity contribution is -0.147. The van der Waals surface area contributed by atoms with E-state index in [1.165, 1.54) is 0 Å². The van der Waals surface area contributed by atoms with Crippen LogP contribution in [0.2, 0.25) is 0 Å². The Morgan fingerprint density at radius 1 is 0.682 bits per heavy atom. The van der Waals surface area contributed by atoms with Crippen LogP contribution < -0.4 is 5.32 Å². The second kappa shape index (κ2) is 7.44. The standard InChI is InChI=1S/C17H29N3O2/c21-16(19-10-3-4-11-19)14-6-1-2-7-15(14)17(22)20-12-5-8-18-9-13-20/h14-15,18H,1-13H2. The highest BCUT2D eigenvalue weighted by molar-refractivity contribution is 5.88. The van der Waals surface area contributed by atoms with Crippen LogP contribution in [0.1, 0.15) is 44.9 Å². The van der Waals surface area contributed by atoms with Crippen LogP contribution in [0, 0.1) is 11.8 Å². The molecule has 3 rings (SSSR count). The lowest BCUT2D eigenvalue weighted by Crippen LogP contribution is -2.46. The van der Waals surface area contributed by atoms with Gasteiger partial charge in [-0.25, -0.2) is 0 Å². The minimum absolute atomic E-state index is 0.0597. The van der Waals surface area contributed by atoms with Gasteiger partial charge in [-0.15, -0.1) is 0 Å². The fourth-order valence-electron chi connectivity index (χ4n) is 4.19. The third kappa shape index (κ3) is 3.45.